The Kier molecular flexibility index (Phi) is 2.59. The van der Waals surface area contributed by atoms with Crippen molar-refractivity contribution >= 4 is 11.8 Å². The van der Waals surface area contributed by atoms with Crippen LogP contribution in [0.5, 0.6) is 0 Å². The Bertz CT molecular complexity index is 434. The number of rotatable bonds is 2. The van der Waals surface area contributed by atoms with Crippen molar-refractivity contribution in [3.8, 4) is 11.3 Å². The van der Waals surface area contributed by atoms with Crippen LogP contribution in [0.3, 0.4) is 0 Å². The Hall–Kier alpha value is -1.22. The molecule has 2 nitrogen and oxygen atoms in total. The molecule has 0 radical (unpaired) electrons. The minimum Gasteiger partial charge on any atom is -0.350 e. The van der Waals surface area contributed by atoms with E-state index >= 15 is 0 Å². The van der Waals surface area contributed by atoms with Gasteiger partial charge in [-0.1, -0.05) is 0 Å². The first-order valence-corrected chi connectivity index (χ1v) is 5.66. The fourth-order valence-corrected chi connectivity index (χ4v) is 2.05. The molecule has 0 N–H and O–H groups in total. The molecule has 0 spiro atoms. The second-order valence-corrected chi connectivity index (χ2v) is 3.86. The van der Waals surface area contributed by atoms with Gasteiger partial charge in [-0.05, 0) is 30.5 Å². The van der Waals surface area contributed by atoms with Gasteiger partial charge in [0.15, 0.2) is 0 Å². The summed E-state index contributed by atoms with van der Waals surface area (Å²) in [5, 5.41) is 1.08. The van der Waals surface area contributed by atoms with Gasteiger partial charge in [0.25, 0.3) is 0 Å². The summed E-state index contributed by atoms with van der Waals surface area (Å²) < 4.78 is 2.11. The Morgan fingerprint density at radius 1 is 1.29 bits per heavy atom. The van der Waals surface area contributed by atoms with Crippen molar-refractivity contribution < 1.29 is 0 Å². The highest BCUT2D eigenvalue weighted by Gasteiger charge is 2.06. The van der Waals surface area contributed by atoms with Crippen molar-refractivity contribution in [3.05, 3.63) is 36.7 Å². The van der Waals surface area contributed by atoms with E-state index in [-0.39, 0.29) is 0 Å². The number of aromatic nitrogens is 2. The zero-order valence-electron chi connectivity index (χ0n) is 8.27. The van der Waals surface area contributed by atoms with Gasteiger partial charge in [-0.3, -0.25) is 0 Å². The Balaban J connectivity index is 2.56. The zero-order chi connectivity index (χ0) is 9.97. The Morgan fingerprint density at radius 3 is 2.79 bits per heavy atom. The lowest BCUT2D eigenvalue weighted by molar-refractivity contribution is 0.929. The molecule has 0 atom stereocenters. The lowest BCUT2D eigenvalue weighted by atomic mass is 10.2. The molecule has 2 aromatic heterocycles. The van der Waals surface area contributed by atoms with Crippen LogP contribution < -0.4 is 0 Å². The number of nitrogens with zero attached hydrogens (tertiary/aromatic N) is 2. The standard InChI is InChI=1S/C11H12N2S/c1-13-8-4-6-10(13)9-5-3-7-12-11(9)14-2/h3-8H,1-2H3. The predicted octanol–water partition coefficient (Wildman–Crippen LogP) is 2.81. The zero-order valence-corrected chi connectivity index (χ0v) is 9.08. The van der Waals surface area contributed by atoms with Gasteiger partial charge >= 0.3 is 0 Å². The summed E-state index contributed by atoms with van der Waals surface area (Å²) in [5.74, 6) is 0. The van der Waals surface area contributed by atoms with E-state index in [2.05, 4.69) is 27.9 Å². The van der Waals surface area contributed by atoms with Crippen molar-refractivity contribution in [2.24, 2.45) is 7.05 Å². The van der Waals surface area contributed by atoms with Gasteiger partial charge in [0.1, 0.15) is 5.03 Å². The van der Waals surface area contributed by atoms with E-state index in [0.29, 0.717) is 0 Å². The van der Waals surface area contributed by atoms with Crippen molar-refractivity contribution in [2.75, 3.05) is 6.26 Å². The lowest BCUT2D eigenvalue weighted by Gasteiger charge is -2.06. The normalized spacial score (nSPS) is 10.4. The molecule has 0 amide bonds. The minimum atomic E-state index is 1.08. The van der Waals surface area contributed by atoms with Gasteiger partial charge in [-0.2, -0.15) is 0 Å². The number of aryl methyl sites for hydroxylation is 1. The third kappa shape index (κ3) is 1.55. The van der Waals surface area contributed by atoms with Crippen molar-refractivity contribution in [3.63, 3.8) is 0 Å². The third-order valence-corrected chi connectivity index (χ3v) is 2.90. The largest absolute Gasteiger partial charge is 0.350 e. The van der Waals surface area contributed by atoms with Crippen LogP contribution in [-0.4, -0.2) is 15.8 Å². The monoisotopic (exact) mass is 204 g/mol. The van der Waals surface area contributed by atoms with Crippen LogP contribution in [0.1, 0.15) is 0 Å². The van der Waals surface area contributed by atoms with Gasteiger partial charge in [0.05, 0.1) is 5.69 Å². The highest BCUT2D eigenvalue weighted by Crippen LogP contribution is 2.27. The van der Waals surface area contributed by atoms with Crippen LogP contribution in [0.15, 0.2) is 41.7 Å². The topological polar surface area (TPSA) is 17.8 Å². The minimum absolute atomic E-state index is 1.08. The van der Waals surface area contributed by atoms with Crippen LogP contribution in [-0.2, 0) is 7.05 Å². The van der Waals surface area contributed by atoms with Crippen LogP contribution in [0.4, 0.5) is 0 Å². The summed E-state index contributed by atoms with van der Waals surface area (Å²) in [6, 6.07) is 8.24. The number of thioether (sulfide) groups is 1. The number of hydrogen-bond acceptors (Lipinski definition) is 2. The van der Waals surface area contributed by atoms with E-state index in [1.54, 1.807) is 11.8 Å². The summed E-state index contributed by atoms with van der Waals surface area (Å²) in [4.78, 5) is 4.34. The molecular weight excluding hydrogens is 192 g/mol. The first kappa shape index (κ1) is 9.34. The molecule has 2 aromatic rings. The summed E-state index contributed by atoms with van der Waals surface area (Å²) in [6.45, 7) is 0. The van der Waals surface area contributed by atoms with E-state index in [4.69, 9.17) is 0 Å². The van der Waals surface area contributed by atoms with E-state index in [1.807, 2.05) is 31.6 Å². The molecule has 0 unspecified atom stereocenters. The third-order valence-electron chi connectivity index (χ3n) is 2.18. The quantitative estimate of drug-likeness (QED) is 0.700. The Morgan fingerprint density at radius 2 is 2.14 bits per heavy atom. The van der Waals surface area contributed by atoms with E-state index in [1.165, 1.54) is 11.3 Å². The predicted molar refractivity (Wildman–Crippen MR) is 60.4 cm³/mol. The number of hydrogen-bond donors (Lipinski definition) is 0. The fourth-order valence-electron chi connectivity index (χ4n) is 1.49. The molecule has 0 aliphatic heterocycles. The molecule has 0 fully saturated rings. The van der Waals surface area contributed by atoms with Gasteiger partial charge in [0, 0.05) is 25.0 Å². The maximum atomic E-state index is 4.34. The second-order valence-electron chi connectivity index (χ2n) is 3.06. The molecule has 14 heavy (non-hydrogen) atoms. The van der Waals surface area contributed by atoms with Crippen LogP contribution in [0.2, 0.25) is 0 Å². The summed E-state index contributed by atoms with van der Waals surface area (Å²) in [5.41, 5.74) is 2.41. The van der Waals surface area contributed by atoms with Crippen LogP contribution in [0, 0.1) is 0 Å². The first-order valence-electron chi connectivity index (χ1n) is 4.43. The molecule has 2 heterocycles. The van der Waals surface area contributed by atoms with Crippen molar-refractivity contribution in [1.82, 2.24) is 9.55 Å². The molecule has 0 aromatic carbocycles. The van der Waals surface area contributed by atoms with Crippen LogP contribution >= 0.6 is 11.8 Å². The highest BCUT2D eigenvalue weighted by atomic mass is 32.2. The summed E-state index contributed by atoms with van der Waals surface area (Å²) in [6.07, 6.45) is 5.93. The number of pyridine rings is 1. The van der Waals surface area contributed by atoms with Crippen LogP contribution in [0.25, 0.3) is 11.3 Å². The maximum absolute atomic E-state index is 4.34. The average molecular weight is 204 g/mol. The van der Waals surface area contributed by atoms with E-state index in [0.717, 1.165) is 5.03 Å². The molecule has 2 rings (SSSR count). The van der Waals surface area contributed by atoms with Crippen molar-refractivity contribution in [2.45, 2.75) is 5.03 Å². The molecule has 0 bridgehead atoms. The van der Waals surface area contributed by atoms with Crippen molar-refractivity contribution in [1.29, 1.82) is 0 Å². The van der Waals surface area contributed by atoms with Gasteiger partial charge < -0.3 is 4.57 Å². The van der Waals surface area contributed by atoms with Gasteiger partial charge in [-0.15, -0.1) is 11.8 Å². The van der Waals surface area contributed by atoms with E-state index in [9.17, 15) is 0 Å². The summed E-state index contributed by atoms with van der Waals surface area (Å²) in [7, 11) is 2.05. The summed E-state index contributed by atoms with van der Waals surface area (Å²) >= 11 is 1.68. The highest BCUT2D eigenvalue weighted by molar-refractivity contribution is 7.98. The molecule has 3 heteroatoms. The van der Waals surface area contributed by atoms with Gasteiger partial charge in [-0.25, -0.2) is 4.98 Å². The molecule has 0 saturated heterocycles. The first-order chi connectivity index (χ1) is 6.83. The molecule has 72 valence electrons. The van der Waals surface area contributed by atoms with Gasteiger partial charge in [0.2, 0.25) is 0 Å². The molecule has 0 saturated carbocycles. The average Bonchev–Trinajstić information content (AvgIpc) is 2.64. The second kappa shape index (κ2) is 3.88. The molecule has 0 aliphatic rings. The van der Waals surface area contributed by atoms with E-state index < -0.39 is 0 Å². The Labute approximate surface area is 88.0 Å². The smallest absolute Gasteiger partial charge is 0.105 e. The fraction of sp³-hybridized carbons (Fsp3) is 0.182. The lowest BCUT2D eigenvalue weighted by Crippen LogP contribution is -1.92. The SMILES string of the molecule is CSc1ncccc1-c1cccn1C. The molecular formula is C11H12N2S. The maximum Gasteiger partial charge on any atom is 0.105 e. The molecule has 0 aliphatic carbocycles.